The van der Waals surface area contributed by atoms with E-state index in [9.17, 15) is 9.59 Å². The van der Waals surface area contributed by atoms with Crippen LogP contribution >= 0.6 is 0 Å². The maximum Gasteiger partial charge on any atom is 0.322 e. The van der Waals surface area contributed by atoms with Crippen LogP contribution in [0.1, 0.15) is 12.8 Å². The number of carbonyl (C=O) groups is 2. The molecule has 0 bridgehead atoms. The summed E-state index contributed by atoms with van der Waals surface area (Å²) in [5.74, 6) is 0.416. The fourth-order valence-electron chi connectivity index (χ4n) is 2.96. The van der Waals surface area contributed by atoms with E-state index in [4.69, 9.17) is 4.74 Å². The van der Waals surface area contributed by atoms with E-state index >= 15 is 0 Å². The van der Waals surface area contributed by atoms with Gasteiger partial charge in [0, 0.05) is 12.2 Å². The summed E-state index contributed by atoms with van der Waals surface area (Å²) in [7, 11) is 1.55. The van der Waals surface area contributed by atoms with Crippen LogP contribution in [0.3, 0.4) is 0 Å². The summed E-state index contributed by atoms with van der Waals surface area (Å²) in [6.45, 7) is 0.549. The molecule has 6 heteroatoms. The van der Waals surface area contributed by atoms with Gasteiger partial charge in [0.25, 0.3) is 0 Å². The van der Waals surface area contributed by atoms with Crippen molar-refractivity contribution in [2.45, 2.75) is 18.9 Å². The second-order valence-corrected chi connectivity index (χ2v) is 5.84. The van der Waals surface area contributed by atoms with E-state index in [2.05, 4.69) is 10.6 Å². The zero-order valence-corrected chi connectivity index (χ0v) is 14.1. The van der Waals surface area contributed by atoms with E-state index in [1.54, 1.807) is 24.1 Å². The smallest absolute Gasteiger partial charge is 0.322 e. The van der Waals surface area contributed by atoms with Gasteiger partial charge in [-0.25, -0.2) is 4.79 Å². The monoisotopic (exact) mass is 339 g/mol. The normalized spacial score (nSPS) is 16.4. The molecule has 0 unspecified atom stereocenters. The maximum atomic E-state index is 12.6. The Labute approximate surface area is 146 Å². The Morgan fingerprint density at radius 2 is 1.76 bits per heavy atom. The largest absolute Gasteiger partial charge is 0.495 e. The highest BCUT2D eigenvalue weighted by atomic mass is 16.5. The first-order valence-corrected chi connectivity index (χ1v) is 8.25. The van der Waals surface area contributed by atoms with Gasteiger partial charge in [0.2, 0.25) is 5.91 Å². The van der Waals surface area contributed by atoms with Crippen molar-refractivity contribution in [3.8, 4) is 5.75 Å². The minimum Gasteiger partial charge on any atom is -0.495 e. The lowest BCUT2D eigenvalue weighted by atomic mass is 10.2. The lowest BCUT2D eigenvalue weighted by Gasteiger charge is -2.24. The SMILES string of the molecule is COc1ccccc1NC(=O)N1CCC[C@H]1C(=O)Nc1ccccc1. The van der Waals surface area contributed by atoms with Crippen molar-refractivity contribution in [3.05, 3.63) is 54.6 Å². The van der Waals surface area contributed by atoms with E-state index in [1.165, 1.54) is 0 Å². The Morgan fingerprint density at radius 1 is 1.04 bits per heavy atom. The fourth-order valence-corrected chi connectivity index (χ4v) is 2.96. The van der Waals surface area contributed by atoms with Gasteiger partial charge >= 0.3 is 6.03 Å². The van der Waals surface area contributed by atoms with Gasteiger partial charge in [0.1, 0.15) is 11.8 Å². The summed E-state index contributed by atoms with van der Waals surface area (Å²) in [6.07, 6.45) is 1.45. The number of nitrogens with zero attached hydrogens (tertiary/aromatic N) is 1. The quantitative estimate of drug-likeness (QED) is 0.897. The summed E-state index contributed by atoms with van der Waals surface area (Å²) in [5, 5.41) is 5.70. The van der Waals surface area contributed by atoms with Gasteiger partial charge in [-0.2, -0.15) is 0 Å². The van der Waals surface area contributed by atoms with Crippen molar-refractivity contribution in [1.29, 1.82) is 0 Å². The third kappa shape index (κ3) is 3.91. The number of amides is 3. The summed E-state index contributed by atoms with van der Waals surface area (Å²) < 4.78 is 5.25. The first-order valence-electron chi connectivity index (χ1n) is 8.25. The first-order chi connectivity index (χ1) is 12.2. The third-order valence-electron chi connectivity index (χ3n) is 4.21. The molecule has 3 rings (SSSR count). The van der Waals surface area contributed by atoms with Crippen molar-refractivity contribution in [2.24, 2.45) is 0 Å². The number of benzene rings is 2. The van der Waals surface area contributed by atoms with E-state index in [0.29, 0.717) is 24.4 Å². The van der Waals surface area contributed by atoms with Crippen LogP contribution in [0.2, 0.25) is 0 Å². The molecule has 0 spiro atoms. The standard InChI is InChI=1S/C19H21N3O3/c1-25-17-12-6-5-10-15(17)21-19(24)22-13-7-11-16(22)18(23)20-14-8-3-2-4-9-14/h2-6,8-10,12,16H,7,11,13H2,1H3,(H,20,23)(H,21,24)/t16-/m0/s1. The number of carbonyl (C=O) groups excluding carboxylic acids is 2. The van der Waals surface area contributed by atoms with Crippen molar-refractivity contribution in [3.63, 3.8) is 0 Å². The zero-order chi connectivity index (χ0) is 17.6. The second-order valence-electron chi connectivity index (χ2n) is 5.84. The van der Waals surface area contributed by atoms with Crippen LogP contribution in [0.5, 0.6) is 5.75 Å². The minimum atomic E-state index is -0.477. The minimum absolute atomic E-state index is 0.168. The number of methoxy groups -OCH3 is 1. The Kier molecular flexibility index (Phi) is 5.18. The van der Waals surface area contributed by atoms with E-state index in [1.807, 2.05) is 42.5 Å². The number of hydrogen-bond acceptors (Lipinski definition) is 3. The van der Waals surface area contributed by atoms with Crippen molar-refractivity contribution < 1.29 is 14.3 Å². The second kappa shape index (κ2) is 7.70. The number of ether oxygens (including phenoxy) is 1. The van der Waals surface area contributed by atoms with Crippen molar-refractivity contribution in [1.82, 2.24) is 4.90 Å². The van der Waals surface area contributed by atoms with Gasteiger partial charge in [0.05, 0.1) is 12.8 Å². The summed E-state index contributed by atoms with van der Waals surface area (Å²) in [5.41, 5.74) is 1.31. The van der Waals surface area contributed by atoms with Crippen LogP contribution in [-0.4, -0.2) is 36.5 Å². The van der Waals surface area contributed by atoms with Crippen LogP contribution < -0.4 is 15.4 Å². The Balaban J connectivity index is 1.68. The molecule has 1 saturated heterocycles. The Hall–Kier alpha value is -3.02. The van der Waals surface area contributed by atoms with Gasteiger partial charge in [0.15, 0.2) is 0 Å². The van der Waals surface area contributed by atoms with Crippen LogP contribution in [0.4, 0.5) is 16.2 Å². The molecule has 0 aliphatic carbocycles. The van der Waals surface area contributed by atoms with Gasteiger partial charge in [-0.1, -0.05) is 30.3 Å². The van der Waals surface area contributed by atoms with Gasteiger partial charge in [-0.05, 0) is 37.1 Å². The molecule has 25 heavy (non-hydrogen) atoms. The molecule has 0 saturated carbocycles. The highest BCUT2D eigenvalue weighted by Gasteiger charge is 2.34. The predicted octanol–water partition coefficient (Wildman–Crippen LogP) is 3.33. The fraction of sp³-hybridized carbons (Fsp3) is 0.263. The average molecular weight is 339 g/mol. The maximum absolute atomic E-state index is 12.6. The van der Waals surface area contributed by atoms with Crippen LogP contribution in [0.25, 0.3) is 0 Å². The number of para-hydroxylation sites is 3. The summed E-state index contributed by atoms with van der Waals surface area (Å²) >= 11 is 0. The molecular weight excluding hydrogens is 318 g/mol. The van der Waals surface area contributed by atoms with Crippen LogP contribution in [0, 0.1) is 0 Å². The molecule has 6 nitrogen and oxygen atoms in total. The van der Waals surface area contributed by atoms with Gasteiger partial charge in [-0.15, -0.1) is 0 Å². The number of likely N-dealkylation sites (tertiary alicyclic amines) is 1. The molecule has 2 aromatic rings. The Morgan fingerprint density at radius 3 is 2.52 bits per heavy atom. The molecule has 1 heterocycles. The molecule has 1 aliphatic heterocycles. The number of rotatable bonds is 4. The number of anilines is 2. The molecule has 1 fully saturated rings. The third-order valence-corrected chi connectivity index (χ3v) is 4.21. The highest BCUT2D eigenvalue weighted by Crippen LogP contribution is 2.25. The molecule has 3 amide bonds. The van der Waals surface area contributed by atoms with Crippen LogP contribution in [-0.2, 0) is 4.79 Å². The van der Waals surface area contributed by atoms with Crippen molar-refractivity contribution >= 4 is 23.3 Å². The molecule has 1 atom stereocenters. The first kappa shape index (κ1) is 16.8. The van der Waals surface area contributed by atoms with Crippen LogP contribution in [0.15, 0.2) is 54.6 Å². The summed E-state index contributed by atoms with van der Waals surface area (Å²) in [6, 6.07) is 15.7. The predicted molar refractivity (Wildman–Crippen MR) is 96.8 cm³/mol. The molecule has 0 aromatic heterocycles. The van der Waals surface area contributed by atoms with E-state index in [-0.39, 0.29) is 11.9 Å². The average Bonchev–Trinajstić information content (AvgIpc) is 3.13. The van der Waals surface area contributed by atoms with Gasteiger partial charge in [-0.3, -0.25) is 4.79 Å². The lowest BCUT2D eigenvalue weighted by Crippen LogP contribution is -2.45. The summed E-state index contributed by atoms with van der Waals surface area (Å²) in [4.78, 5) is 26.8. The molecular formula is C19H21N3O3. The molecule has 2 N–H and O–H groups in total. The Bertz CT molecular complexity index is 749. The van der Waals surface area contributed by atoms with E-state index in [0.717, 1.165) is 12.1 Å². The zero-order valence-electron chi connectivity index (χ0n) is 14.1. The molecule has 2 aromatic carbocycles. The topological polar surface area (TPSA) is 70.7 Å². The molecule has 1 aliphatic rings. The lowest BCUT2D eigenvalue weighted by molar-refractivity contribution is -0.119. The molecule has 130 valence electrons. The molecule has 0 radical (unpaired) electrons. The highest BCUT2D eigenvalue weighted by molar-refractivity contribution is 6.00. The van der Waals surface area contributed by atoms with Gasteiger partial charge < -0.3 is 20.3 Å². The van der Waals surface area contributed by atoms with Crippen molar-refractivity contribution in [2.75, 3.05) is 24.3 Å². The number of nitrogens with one attached hydrogen (secondary N) is 2. The number of hydrogen-bond donors (Lipinski definition) is 2. The number of urea groups is 1. The van der Waals surface area contributed by atoms with E-state index < -0.39 is 6.04 Å².